The zero-order chi connectivity index (χ0) is 41.0. The number of allylic oxidation sites excluding steroid dienone is 18. The molecule has 3 N–H and O–H groups in total. The number of esters is 1. The molecule has 6 nitrogen and oxygen atoms in total. The Kier molecular flexibility index (Phi) is 40.0. The summed E-state index contributed by atoms with van der Waals surface area (Å²) in [7, 11) is 0. The second kappa shape index (κ2) is 42.7. The van der Waals surface area contributed by atoms with Crippen molar-refractivity contribution >= 4 is 11.9 Å². The molecule has 0 aromatic rings. The van der Waals surface area contributed by atoms with Gasteiger partial charge >= 0.3 is 5.97 Å². The van der Waals surface area contributed by atoms with Crippen LogP contribution in [0.3, 0.4) is 0 Å². The molecule has 3 atom stereocenters. The van der Waals surface area contributed by atoms with Crippen LogP contribution in [-0.4, -0.2) is 46.9 Å². The van der Waals surface area contributed by atoms with E-state index in [9.17, 15) is 19.8 Å². The maximum absolute atomic E-state index is 13.1. The lowest BCUT2D eigenvalue weighted by Crippen LogP contribution is -2.46. The first kappa shape index (κ1) is 52.5. The van der Waals surface area contributed by atoms with Gasteiger partial charge in [0.25, 0.3) is 0 Å². The molecule has 0 aliphatic rings. The molecule has 0 saturated carbocycles. The zero-order valence-electron chi connectivity index (χ0n) is 35.7. The number of rotatable bonds is 37. The number of hydrogen-bond acceptors (Lipinski definition) is 5. The van der Waals surface area contributed by atoms with Gasteiger partial charge in [-0.3, -0.25) is 9.59 Å². The fourth-order valence-corrected chi connectivity index (χ4v) is 5.99. The van der Waals surface area contributed by atoms with Gasteiger partial charge in [-0.05, 0) is 64.2 Å². The Morgan fingerprint density at radius 2 is 0.964 bits per heavy atom. The van der Waals surface area contributed by atoms with Crippen LogP contribution in [0, 0.1) is 0 Å². The Morgan fingerprint density at radius 3 is 1.46 bits per heavy atom. The molecule has 56 heavy (non-hydrogen) atoms. The van der Waals surface area contributed by atoms with Crippen LogP contribution >= 0.6 is 0 Å². The Labute approximate surface area is 343 Å². The SMILES string of the molecule is CC\C=C/C=C/C=C/C=C\C=C\C=C\CCCCCC(=O)OC(CCCCC\C=C/C=C/C=C/CC)CC(=O)NC(CO)C(O)CCCCCCCCCCC. The van der Waals surface area contributed by atoms with Crippen molar-refractivity contribution in [1.82, 2.24) is 5.32 Å². The fourth-order valence-electron chi connectivity index (χ4n) is 5.99. The number of hydrogen-bond donors (Lipinski definition) is 3. The van der Waals surface area contributed by atoms with Crippen LogP contribution in [0.1, 0.15) is 168 Å². The Hall–Kier alpha value is -3.48. The number of aliphatic hydroxyl groups excluding tert-OH is 2. The van der Waals surface area contributed by atoms with Crippen molar-refractivity contribution in [3.8, 4) is 0 Å². The normalized spacial score (nSPS) is 14.4. The molecule has 0 spiro atoms. The topological polar surface area (TPSA) is 95.9 Å². The first-order valence-corrected chi connectivity index (χ1v) is 22.2. The van der Waals surface area contributed by atoms with Crippen molar-refractivity contribution in [2.45, 2.75) is 187 Å². The maximum atomic E-state index is 13.1. The number of ether oxygens (including phenoxy) is 1. The highest BCUT2D eigenvalue weighted by molar-refractivity contribution is 5.77. The van der Waals surface area contributed by atoms with Gasteiger partial charge < -0.3 is 20.3 Å². The van der Waals surface area contributed by atoms with Crippen LogP contribution in [0.2, 0.25) is 0 Å². The van der Waals surface area contributed by atoms with E-state index in [2.05, 4.69) is 56.5 Å². The fraction of sp³-hybridized carbons (Fsp3) is 0.600. The average molecular weight is 776 g/mol. The van der Waals surface area contributed by atoms with Crippen LogP contribution in [0.4, 0.5) is 0 Å². The molecule has 0 fully saturated rings. The number of carbonyl (C=O) groups is 2. The third-order valence-corrected chi connectivity index (χ3v) is 9.32. The molecular weight excluding hydrogens is 695 g/mol. The molecule has 3 unspecified atom stereocenters. The molecule has 0 saturated heterocycles. The highest BCUT2D eigenvalue weighted by atomic mass is 16.5. The Bertz CT molecular complexity index is 1190. The van der Waals surface area contributed by atoms with Gasteiger partial charge in [0.15, 0.2) is 0 Å². The van der Waals surface area contributed by atoms with Gasteiger partial charge in [-0.1, -0.05) is 201 Å². The lowest BCUT2D eigenvalue weighted by atomic mass is 10.0. The third-order valence-electron chi connectivity index (χ3n) is 9.32. The van der Waals surface area contributed by atoms with Gasteiger partial charge in [-0.15, -0.1) is 0 Å². The number of unbranched alkanes of at least 4 members (excludes halogenated alkanes) is 14. The number of amides is 1. The molecule has 1 amide bonds. The summed E-state index contributed by atoms with van der Waals surface area (Å²) < 4.78 is 5.86. The summed E-state index contributed by atoms with van der Waals surface area (Å²) in [6.07, 6.45) is 57.2. The molecule has 0 radical (unpaired) electrons. The van der Waals surface area contributed by atoms with Crippen LogP contribution < -0.4 is 5.32 Å². The highest BCUT2D eigenvalue weighted by Crippen LogP contribution is 2.16. The molecule has 0 aromatic carbocycles. The van der Waals surface area contributed by atoms with E-state index in [1.54, 1.807) is 0 Å². The van der Waals surface area contributed by atoms with E-state index >= 15 is 0 Å². The average Bonchev–Trinajstić information content (AvgIpc) is 3.19. The van der Waals surface area contributed by atoms with E-state index in [-0.39, 0.29) is 24.9 Å². The second-order valence-corrected chi connectivity index (χ2v) is 14.5. The number of nitrogens with one attached hydrogen (secondary N) is 1. The molecule has 0 rings (SSSR count). The third kappa shape index (κ3) is 37.4. The van der Waals surface area contributed by atoms with Gasteiger partial charge in [0.2, 0.25) is 5.91 Å². The summed E-state index contributed by atoms with van der Waals surface area (Å²) in [4.78, 5) is 25.9. The minimum Gasteiger partial charge on any atom is -0.462 e. The Morgan fingerprint density at radius 1 is 0.536 bits per heavy atom. The molecule has 0 heterocycles. The first-order chi connectivity index (χ1) is 27.5. The van der Waals surface area contributed by atoms with Crippen molar-refractivity contribution in [2.75, 3.05) is 6.61 Å². The summed E-state index contributed by atoms with van der Waals surface area (Å²) in [6.45, 7) is 6.13. The predicted molar refractivity (Wildman–Crippen MR) is 240 cm³/mol. The molecule has 0 aliphatic carbocycles. The maximum Gasteiger partial charge on any atom is 0.306 e. The lowest BCUT2D eigenvalue weighted by molar-refractivity contribution is -0.151. The summed E-state index contributed by atoms with van der Waals surface area (Å²) in [5, 5.41) is 23.5. The van der Waals surface area contributed by atoms with Gasteiger partial charge in [0.1, 0.15) is 6.10 Å². The van der Waals surface area contributed by atoms with Crippen molar-refractivity contribution in [1.29, 1.82) is 0 Å². The predicted octanol–water partition coefficient (Wildman–Crippen LogP) is 12.8. The lowest BCUT2D eigenvalue weighted by Gasteiger charge is -2.24. The van der Waals surface area contributed by atoms with Crippen LogP contribution in [0.5, 0.6) is 0 Å². The molecular formula is C50H81NO5. The highest BCUT2D eigenvalue weighted by Gasteiger charge is 2.24. The van der Waals surface area contributed by atoms with Crippen LogP contribution in [0.25, 0.3) is 0 Å². The standard InChI is InChI=1S/C50H81NO5/c1-4-7-10-13-16-19-21-22-23-24-25-26-28-31-34-37-40-43-50(55)56-46(41-38-35-32-30-27-20-17-14-11-8-5-2)44-49(54)51-47(45-52)48(53)42-39-36-33-29-18-15-12-9-6-3/h7-8,10-11,13-14,16-17,19-28,46-48,52-53H,4-6,9,12,15,18,29-45H2,1-3H3,(H,51,54)/b10-7-,11-8+,16-13+,17-14+,21-19+,23-22-,25-24+,27-20-,28-26+. The van der Waals surface area contributed by atoms with E-state index in [0.717, 1.165) is 83.5 Å². The largest absolute Gasteiger partial charge is 0.462 e. The quantitative estimate of drug-likeness (QED) is 0.0332. The van der Waals surface area contributed by atoms with Crippen molar-refractivity contribution < 1.29 is 24.5 Å². The smallest absolute Gasteiger partial charge is 0.306 e. The number of aliphatic hydroxyl groups is 2. The molecule has 0 aliphatic heterocycles. The molecule has 0 aromatic heterocycles. The van der Waals surface area contributed by atoms with Gasteiger partial charge in [-0.25, -0.2) is 0 Å². The van der Waals surface area contributed by atoms with E-state index < -0.39 is 18.2 Å². The first-order valence-electron chi connectivity index (χ1n) is 22.2. The van der Waals surface area contributed by atoms with E-state index in [4.69, 9.17) is 4.74 Å². The minimum absolute atomic E-state index is 0.0282. The second-order valence-electron chi connectivity index (χ2n) is 14.5. The van der Waals surface area contributed by atoms with E-state index in [1.807, 2.05) is 79.0 Å². The van der Waals surface area contributed by atoms with Crippen LogP contribution in [-0.2, 0) is 14.3 Å². The van der Waals surface area contributed by atoms with Crippen molar-refractivity contribution in [3.05, 3.63) is 109 Å². The molecule has 0 bridgehead atoms. The van der Waals surface area contributed by atoms with Crippen molar-refractivity contribution in [3.63, 3.8) is 0 Å². The molecule has 316 valence electrons. The van der Waals surface area contributed by atoms with Gasteiger partial charge in [0, 0.05) is 6.42 Å². The summed E-state index contributed by atoms with van der Waals surface area (Å²) in [5.74, 6) is -0.578. The summed E-state index contributed by atoms with van der Waals surface area (Å²) in [6, 6.07) is -0.727. The van der Waals surface area contributed by atoms with Crippen molar-refractivity contribution in [2.24, 2.45) is 0 Å². The van der Waals surface area contributed by atoms with Gasteiger partial charge in [0.05, 0.1) is 25.2 Å². The van der Waals surface area contributed by atoms with E-state index in [0.29, 0.717) is 19.3 Å². The molecule has 6 heteroatoms. The van der Waals surface area contributed by atoms with Crippen LogP contribution in [0.15, 0.2) is 109 Å². The number of carbonyl (C=O) groups excluding carboxylic acids is 2. The minimum atomic E-state index is -0.809. The monoisotopic (exact) mass is 776 g/mol. The van der Waals surface area contributed by atoms with Gasteiger partial charge in [-0.2, -0.15) is 0 Å². The van der Waals surface area contributed by atoms with E-state index in [1.165, 1.54) is 38.5 Å². The summed E-state index contributed by atoms with van der Waals surface area (Å²) >= 11 is 0. The summed E-state index contributed by atoms with van der Waals surface area (Å²) in [5.41, 5.74) is 0. The Balaban J connectivity index is 4.75. The zero-order valence-corrected chi connectivity index (χ0v) is 35.7.